The molecule has 0 aromatic heterocycles. The van der Waals surface area contributed by atoms with E-state index in [1.165, 1.54) is 37.4 Å². The monoisotopic (exact) mass is 614 g/mol. The Morgan fingerprint density at radius 2 is 1.47 bits per heavy atom. The third-order valence-electron chi connectivity index (χ3n) is 7.21. The van der Waals surface area contributed by atoms with Crippen LogP contribution in [0.2, 0.25) is 0 Å². The van der Waals surface area contributed by atoms with E-state index in [1.54, 1.807) is 45.9 Å². The van der Waals surface area contributed by atoms with Gasteiger partial charge in [0.15, 0.2) is 0 Å². The number of benzene rings is 2. The van der Waals surface area contributed by atoms with Gasteiger partial charge in [0.2, 0.25) is 0 Å². The molecule has 0 spiro atoms. The van der Waals surface area contributed by atoms with E-state index >= 15 is 0 Å². The molecule has 3 atom stereocenters. The fourth-order valence-electron chi connectivity index (χ4n) is 5.05. The zero-order chi connectivity index (χ0) is 31.9. The highest BCUT2D eigenvalue weighted by molar-refractivity contribution is 7.86. The molecule has 43 heavy (non-hydrogen) atoms. The molecule has 232 valence electrons. The molecule has 0 radical (unpaired) electrons. The topological polar surface area (TPSA) is 151 Å². The second kappa shape index (κ2) is 14.4. The van der Waals surface area contributed by atoms with E-state index in [9.17, 15) is 28.1 Å². The van der Waals surface area contributed by atoms with E-state index in [4.69, 9.17) is 13.7 Å². The minimum absolute atomic E-state index is 0.0792. The summed E-state index contributed by atoms with van der Waals surface area (Å²) in [5.41, 5.74) is 1.86. The van der Waals surface area contributed by atoms with Crippen LogP contribution in [0.5, 0.6) is 0 Å². The summed E-state index contributed by atoms with van der Waals surface area (Å²) in [4.78, 5) is 37.8. The van der Waals surface area contributed by atoms with Gasteiger partial charge >= 0.3 is 11.9 Å². The third kappa shape index (κ3) is 8.29. The van der Waals surface area contributed by atoms with Crippen molar-refractivity contribution in [3.63, 3.8) is 0 Å². The van der Waals surface area contributed by atoms with Gasteiger partial charge in [0, 0.05) is 23.0 Å². The van der Waals surface area contributed by atoms with E-state index in [0.29, 0.717) is 37.1 Å². The number of nitrogens with zero attached hydrogens (tertiary/aromatic N) is 1. The lowest BCUT2D eigenvalue weighted by Crippen LogP contribution is -2.33. The number of ether oxygens (including phenoxy) is 2. The van der Waals surface area contributed by atoms with Gasteiger partial charge in [-0.1, -0.05) is 42.3 Å². The normalized spacial score (nSPS) is 16.7. The predicted octanol–water partition coefficient (Wildman–Crippen LogP) is 5.60. The molecule has 3 unspecified atom stereocenters. The fraction of sp³-hybridized carbons (Fsp3) is 0.419. The maximum atomic E-state index is 13.5. The first-order valence-corrected chi connectivity index (χ1v) is 15.4. The first-order chi connectivity index (χ1) is 20.3. The SMILES string of the molecule is COC(=O)C1=C(C)NC(C)=C(C(=O)OC(C)CCCCC(C)OS(=O)(=O)c2ccc(C)cc2)C1c1ccccc1[N+](=O)[O-]. The molecule has 1 aliphatic heterocycles. The first kappa shape index (κ1) is 33.5. The van der Waals surface area contributed by atoms with E-state index in [0.717, 1.165) is 5.56 Å². The van der Waals surface area contributed by atoms with Crippen LogP contribution in [0.4, 0.5) is 5.69 Å². The molecule has 3 rings (SSSR count). The fourth-order valence-corrected chi connectivity index (χ4v) is 6.16. The van der Waals surface area contributed by atoms with Crippen molar-refractivity contribution in [2.75, 3.05) is 7.11 Å². The first-order valence-electron chi connectivity index (χ1n) is 14.0. The number of carbonyl (C=O) groups excluding carboxylic acids is 2. The van der Waals surface area contributed by atoms with Crippen LogP contribution in [-0.2, 0) is 33.4 Å². The van der Waals surface area contributed by atoms with E-state index in [-0.39, 0.29) is 27.3 Å². The summed E-state index contributed by atoms with van der Waals surface area (Å²) in [6.07, 6.45) is 1.15. The standard InChI is InChI=1S/C31H38N2O9S/c1-19-15-17-24(18-16-19)43(38,39)42-21(3)12-8-7-11-20(2)41-31(35)28-23(5)32-22(4)27(30(34)40-6)29(28)25-13-9-10-14-26(25)33(36)37/h9-10,13-18,20-21,29,32H,7-8,11-12H2,1-6H3. The van der Waals surface area contributed by atoms with Crippen molar-refractivity contribution in [3.8, 4) is 0 Å². The summed E-state index contributed by atoms with van der Waals surface area (Å²) in [5, 5.41) is 14.9. The van der Waals surface area contributed by atoms with Gasteiger partial charge in [0.05, 0.1) is 46.2 Å². The molecule has 0 amide bonds. The molecule has 2 aromatic carbocycles. The number of para-hydroxylation sites is 1. The Morgan fingerprint density at radius 1 is 0.907 bits per heavy atom. The van der Waals surface area contributed by atoms with Crippen molar-refractivity contribution in [1.82, 2.24) is 5.32 Å². The number of nitro groups is 1. The zero-order valence-electron chi connectivity index (χ0n) is 25.2. The van der Waals surface area contributed by atoms with Gasteiger partial charge in [0.25, 0.3) is 15.8 Å². The summed E-state index contributed by atoms with van der Waals surface area (Å²) in [7, 11) is -2.67. The molecule has 2 aromatic rings. The zero-order valence-corrected chi connectivity index (χ0v) is 26.0. The van der Waals surface area contributed by atoms with Gasteiger partial charge in [-0.2, -0.15) is 8.42 Å². The number of nitro benzene ring substituents is 1. The van der Waals surface area contributed by atoms with Crippen molar-refractivity contribution in [3.05, 3.63) is 92.3 Å². The number of aryl methyl sites for hydroxylation is 1. The number of methoxy groups -OCH3 is 1. The largest absolute Gasteiger partial charge is 0.466 e. The number of allylic oxidation sites excluding steroid dienone is 2. The molecule has 12 heteroatoms. The Kier molecular flexibility index (Phi) is 11.2. The van der Waals surface area contributed by atoms with Crippen molar-refractivity contribution in [2.24, 2.45) is 0 Å². The number of nitrogens with one attached hydrogen (secondary N) is 1. The van der Waals surface area contributed by atoms with Crippen LogP contribution in [0.15, 0.2) is 76.0 Å². The Hall–Kier alpha value is -4.03. The second-order valence-corrected chi connectivity index (χ2v) is 12.2. The number of carbonyl (C=O) groups is 2. The Balaban J connectivity index is 1.67. The number of hydrogen-bond donors (Lipinski definition) is 1. The molecule has 0 saturated carbocycles. The number of dihydropyridines is 1. The summed E-state index contributed by atoms with van der Waals surface area (Å²) in [6, 6.07) is 12.4. The van der Waals surface area contributed by atoms with Gasteiger partial charge in [-0.15, -0.1) is 0 Å². The molecule has 1 heterocycles. The number of rotatable bonds is 13. The Bertz CT molecular complexity index is 1530. The van der Waals surface area contributed by atoms with E-state index < -0.39 is 45.1 Å². The van der Waals surface area contributed by atoms with Crippen LogP contribution in [0.1, 0.15) is 70.4 Å². The van der Waals surface area contributed by atoms with Crippen LogP contribution in [0, 0.1) is 17.0 Å². The van der Waals surface area contributed by atoms with Gasteiger partial charge in [0.1, 0.15) is 0 Å². The maximum absolute atomic E-state index is 13.5. The van der Waals surface area contributed by atoms with E-state index in [1.807, 2.05) is 6.92 Å². The van der Waals surface area contributed by atoms with E-state index in [2.05, 4.69) is 5.32 Å². The number of hydrogen-bond acceptors (Lipinski definition) is 10. The highest BCUT2D eigenvalue weighted by Gasteiger charge is 2.41. The van der Waals surface area contributed by atoms with Gasteiger partial charge in [-0.3, -0.25) is 14.3 Å². The van der Waals surface area contributed by atoms with Crippen molar-refractivity contribution in [2.45, 2.75) is 83.3 Å². The van der Waals surface area contributed by atoms with Crippen molar-refractivity contribution >= 4 is 27.7 Å². The van der Waals surface area contributed by atoms with Crippen LogP contribution >= 0.6 is 0 Å². The minimum atomic E-state index is -3.88. The summed E-state index contributed by atoms with van der Waals surface area (Å²) < 4.78 is 41.1. The highest BCUT2D eigenvalue weighted by Crippen LogP contribution is 2.42. The molecular formula is C31H38N2O9S. The van der Waals surface area contributed by atoms with Gasteiger partial charge < -0.3 is 14.8 Å². The van der Waals surface area contributed by atoms with Crippen LogP contribution < -0.4 is 5.32 Å². The Labute approximate surface area is 252 Å². The number of esters is 2. The van der Waals surface area contributed by atoms with Crippen LogP contribution in [-0.4, -0.2) is 44.6 Å². The van der Waals surface area contributed by atoms with Gasteiger partial charge in [-0.25, -0.2) is 9.59 Å². The molecule has 1 N–H and O–H groups in total. The second-order valence-electron chi connectivity index (χ2n) is 10.6. The molecule has 0 aliphatic carbocycles. The third-order valence-corrected chi connectivity index (χ3v) is 8.64. The minimum Gasteiger partial charge on any atom is -0.466 e. The van der Waals surface area contributed by atoms with Gasteiger partial charge in [-0.05, 0) is 66.0 Å². The molecule has 0 bridgehead atoms. The predicted molar refractivity (Wildman–Crippen MR) is 159 cm³/mol. The highest BCUT2D eigenvalue weighted by atomic mass is 32.2. The quantitative estimate of drug-likeness (QED) is 0.0993. The molecule has 1 aliphatic rings. The Morgan fingerprint density at radius 3 is 2.05 bits per heavy atom. The average molecular weight is 615 g/mol. The summed E-state index contributed by atoms with van der Waals surface area (Å²) in [6.45, 7) is 8.57. The number of unbranched alkanes of at least 4 members (excludes halogenated alkanes) is 1. The lowest BCUT2D eigenvalue weighted by atomic mass is 9.79. The summed E-state index contributed by atoms with van der Waals surface area (Å²) >= 11 is 0. The molecule has 11 nitrogen and oxygen atoms in total. The average Bonchev–Trinajstić information content (AvgIpc) is 2.94. The molecular weight excluding hydrogens is 576 g/mol. The maximum Gasteiger partial charge on any atom is 0.337 e. The summed E-state index contributed by atoms with van der Waals surface area (Å²) in [5.74, 6) is -2.52. The smallest absolute Gasteiger partial charge is 0.337 e. The molecule has 0 saturated heterocycles. The van der Waals surface area contributed by atoms with Crippen LogP contribution in [0.3, 0.4) is 0 Å². The van der Waals surface area contributed by atoms with Crippen LogP contribution in [0.25, 0.3) is 0 Å². The van der Waals surface area contributed by atoms with Crippen molar-refractivity contribution in [1.29, 1.82) is 0 Å². The lowest BCUT2D eigenvalue weighted by Gasteiger charge is -2.30. The lowest BCUT2D eigenvalue weighted by molar-refractivity contribution is -0.385. The molecule has 0 fully saturated rings. The van der Waals surface area contributed by atoms with Crippen molar-refractivity contribution < 1.29 is 36.6 Å².